The van der Waals surface area contributed by atoms with Gasteiger partial charge in [-0.1, -0.05) is 0 Å². The first-order chi connectivity index (χ1) is 10.3. The summed E-state index contributed by atoms with van der Waals surface area (Å²) in [6.45, 7) is 0. The quantitative estimate of drug-likeness (QED) is 0.832. The lowest BCUT2D eigenvalue weighted by molar-refractivity contribution is 0.128. The summed E-state index contributed by atoms with van der Waals surface area (Å²) in [5, 5.41) is 4.68. The summed E-state index contributed by atoms with van der Waals surface area (Å²) in [4.78, 5) is 21.4. The molecule has 0 N–H and O–H groups in total. The first kappa shape index (κ1) is 11.7. The zero-order chi connectivity index (χ0) is 14.0. The van der Waals surface area contributed by atoms with Crippen LogP contribution in [0, 0.1) is 5.92 Å². The van der Waals surface area contributed by atoms with Crippen LogP contribution in [-0.4, -0.2) is 24.3 Å². The van der Waals surface area contributed by atoms with Gasteiger partial charge in [-0.3, -0.25) is 14.5 Å². The van der Waals surface area contributed by atoms with E-state index in [1.54, 1.807) is 23.3 Å². The zero-order valence-electron chi connectivity index (χ0n) is 11.8. The largest absolute Gasteiger partial charge is 0.347 e. The van der Waals surface area contributed by atoms with E-state index >= 15 is 0 Å². The van der Waals surface area contributed by atoms with E-state index in [1.807, 2.05) is 4.57 Å². The highest BCUT2D eigenvalue weighted by Gasteiger charge is 2.54. The van der Waals surface area contributed by atoms with E-state index in [1.165, 1.54) is 6.42 Å². The van der Waals surface area contributed by atoms with E-state index < -0.39 is 0 Å². The van der Waals surface area contributed by atoms with E-state index in [9.17, 15) is 4.79 Å². The molecule has 3 heterocycles. The summed E-state index contributed by atoms with van der Waals surface area (Å²) in [5.41, 5.74) is 0.957. The van der Waals surface area contributed by atoms with Crippen molar-refractivity contribution in [3.05, 3.63) is 40.6 Å². The molecule has 2 aromatic rings. The van der Waals surface area contributed by atoms with Crippen molar-refractivity contribution in [3.63, 3.8) is 0 Å². The van der Waals surface area contributed by atoms with Crippen LogP contribution in [0.25, 0.3) is 0 Å². The van der Waals surface area contributed by atoms with Gasteiger partial charge in [-0.15, -0.1) is 0 Å². The minimum atomic E-state index is 0.00336. The normalized spacial score (nSPS) is 33.0. The number of hydrogen-bond donors (Lipinski definition) is 0. The van der Waals surface area contributed by atoms with Gasteiger partial charge >= 0.3 is 5.69 Å². The smallest absolute Gasteiger partial charge is 0.270 e. The summed E-state index contributed by atoms with van der Waals surface area (Å²) in [6.07, 6.45) is 11.5. The fourth-order valence-corrected chi connectivity index (χ4v) is 4.54. The maximum atomic E-state index is 12.9. The van der Waals surface area contributed by atoms with Crippen molar-refractivity contribution in [1.82, 2.24) is 24.3 Å². The molecule has 0 spiro atoms. The predicted molar refractivity (Wildman–Crippen MR) is 74.9 cm³/mol. The number of hydrogen-bond acceptors (Lipinski definition) is 4. The van der Waals surface area contributed by atoms with Gasteiger partial charge in [0.1, 0.15) is 5.82 Å². The van der Waals surface area contributed by atoms with Crippen molar-refractivity contribution in [2.45, 2.75) is 50.1 Å². The molecular weight excluding hydrogens is 266 g/mol. The van der Waals surface area contributed by atoms with Gasteiger partial charge in [0.25, 0.3) is 0 Å². The molecule has 1 aliphatic heterocycles. The Kier molecular flexibility index (Phi) is 2.11. The Morgan fingerprint density at radius 1 is 1.24 bits per heavy atom. The van der Waals surface area contributed by atoms with Gasteiger partial charge in [-0.05, 0) is 38.0 Å². The second-order valence-electron chi connectivity index (χ2n) is 6.70. The van der Waals surface area contributed by atoms with Gasteiger partial charge in [0.2, 0.25) is 0 Å². The minimum absolute atomic E-state index is 0.00336. The molecule has 6 heteroatoms. The fraction of sp³-hybridized carbons (Fsp3) is 0.600. The van der Waals surface area contributed by atoms with Crippen LogP contribution in [0.5, 0.6) is 0 Å². The van der Waals surface area contributed by atoms with Crippen LogP contribution in [-0.2, 0) is 12.0 Å². The van der Waals surface area contributed by atoms with Gasteiger partial charge in [-0.25, -0.2) is 9.48 Å². The molecule has 3 saturated carbocycles. The lowest BCUT2D eigenvalue weighted by Gasteiger charge is -2.37. The number of nitrogens with zero attached hydrogens (tertiary/aromatic N) is 5. The third kappa shape index (κ3) is 1.42. The van der Waals surface area contributed by atoms with Crippen LogP contribution < -0.4 is 5.69 Å². The molecule has 2 aromatic heterocycles. The molecule has 6 nitrogen and oxygen atoms in total. The highest BCUT2D eigenvalue weighted by Crippen LogP contribution is 2.56. The molecule has 108 valence electrons. The summed E-state index contributed by atoms with van der Waals surface area (Å²) >= 11 is 0. The average molecular weight is 283 g/mol. The van der Waals surface area contributed by atoms with Crippen molar-refractivity contribution >= 4 is 0 Å². The Morgan fingerprint density at radius 3 is 2.86 bits per heavy atom. The lowest BCUT2D eigenvalue weighted by atomic mass is 9.77. The number of fused-ring (bicyclic) bond motifs is 2. The van der Waals surface area contributed by atoms with E-state index in [0.717, 1.165) is 49.5 Å². The molecule has 2 bridgehead atoms. The Bertz CT molecular complexity index is 751. The molecule has 3 fully saturated rings. The third-order valence-corrected chi connectivity index (χ3v) is 5.56. The second-order valence-corrected chi connectivity index (χ2v) is 6.70. The van der Waals surface area contributed by atoms with Gasteiger partial charge in [0, 0.05) is 18.8 Å². The van der Waals surface area contributed by atoms with Crippen molar-refractivity contribution in [1.29, 1.82) is 0 Å². The van der Waals surface area contributed by atoms with Gasteiger partial charge in [-0.2, -0.15) is 5.10 Å². The molecule has 0 amide bonds. The Hall–Kier alpha value is -1.98. The van der Waals surface area contributed by atoms with Crippen LogP contribution in [0.4, 0.5) is 0 Å². The Morgan fingerprint density at radius 2 is 2.14 bits per heavy atom. The topological polar surface area (TPSA) is 65.6 Å². The maximum Gasteiger partial charge on any atom is 0.347 e. The highest BCUT2D eigenvalue weighted by molar-refractivity contribution is 5.14. The highest BCUT2D eigenvalue weighted by atomic mass is 16.2. The van der Waals surface area contributed by atoms with E-state index in [2.05, 4.69) is 15.1 Å². The van der Waals surface area contributed by atoms with Crippen LogP contribution in [0.2, 0.25) is 0 Å². The van der Waals surface area contributed by atoms with Gasteiger partial charge in [0.05, 0.1) is 23.5 Å². The lowest BCUT2D eigenvalue weighted by Crippen LogP contribution is -2.46. The first-order valence-corrected chi connectivity index (χ1v) is 7.74. The number of aryl methyl sites for hydroxylation is 1. The molecular formula is C15H17N5O. The molecule has 21 heavy (non-hydrogen) atoms. The van der Waals surface area contributed by atoms with Gasteiger partial charge in [0.15, 0.2) is 0 Å². The predicted octanol–water partition coefficient (Wildman–Crippen LogP) is 1.27. The number of aromatic nitrogens is 5. The number of rotatable bonds is 2. The second kappa shape index (κ2) is 3.81. The molecule has 6 rings (SSSR count). The summed E-state index contributed by atoms with van der Waals surface area (Å²) in [6, 6.07) is 0.00336. The third-order valence-electron chi connectivity index (χ3n) is 5.56. The molecule has 0 saturated heterocycles. The summed E-state index contributed by atoms with van der Waals surface area (Å²) in [5.74, 6) is 1.74. The fourth-order valence-electron chi connectivity index (χ4n) is 4.54. The minimum Gasteiger partial charge on any atom is -0.270 e. The Balaban J connectivity index is 1.61. The molecule has 0 aromatic carbocycles. The molecule has 1 unspecified atom stereocenters. The average Bonchev–Trinajstić information content (AvgIpc) is 3.20. The molecule has 1 atom stereocenters. The van der Waals surface area contributed by atoms with Crippen molar-refractivity contribution < 1.29 is 0 Å². The van der Waals surface area contributed by atoms with E-state index in [0.29, 0.717) is 0 Å². The zero-order valence-corrected chi connectivity index (χ0v) is 11.8. The molecule has 4 aliphatic rings. The monoisotopic (exact) mass is 283 g/mol. The van der Waals surface area contributed by atoms with Crippen LogP contribution in [0.3, 0.4) is 0 Å². The molecule has 0 radical (unpaired) electrons. The van der Waals surface area contributed by atoms with Crippen LogP contribution in [0.15, 0.2) is 23.4 Å². The summed E-state index contributed by atoms with van der Waals surface area (Å²) in [7, 11) is 0. The Labute approximate surface area is 121 Å². The maximum absolute atomic E-state index is 12.9. The van der Waals surface area contributed by atoms with E-state index in [4.69, 9.17) is 0 Å². The standard InChI is InChI=1S/C15H17N5O/c21-14-19-12(11-9-16-5-6-17-11)1-2-13(19)18-20(14)15-4-3-10(7-15)8-15/h5-6,9-10,12H,1-4,7-8H2. The SMILES string of the molecule is O=c1n(C23CCC(C2)C3)nc2n1C(c1cnccn1)CC2. The van der Waals surface area contributed by atoms with Crippen molar-refractivity contribution in [3.8, 4) is 0 Å². The van der Waals surface area contributed by atoms with Crippen molar-refractivity contribution in [2.75, 3.05) is 0 Å². The van der Waals surface area contributed by atoms with E-state index in [-0.39, 0.29) is 17.3 Å². The van der Waals surface area contributed by atoms with Crippen LogP contribution >= 0.6 is 0 Å². The summed E-state index contributed by atoms with van der Waals surface area (Å²) < 4.78 is 3.65. The molecule has 3 aliphatic carbocycles. The first-order valence-electron chi connectivity index (χ1n) is 7.74. The van der Waals surface area contributed by atoms with Crippen LogP contribution in [0.1, 0.15) is 49.7 Å². The van der Waals surface area contributed by atoms with Gasteiger partial charge < -0.3 is 0 Å². The van der Waals surface area contributed by atoms with Crippen molar-refractivity contribution in [2.24, 2.45) is 5.92 Å².